The normalized spacial score (nSPS) is 15.5. The summed E-state index contributed by atoms with van der Waals surface area (Å²) in [5.74, 6) is 1.73. The number of fused-ring (bicyclic) bond motifs is 1. The van der Waals surface area contributed by atoms with Crippen molar-refractivity contribution in [3.05, 3.63) is 64.7 Å². The van der Waals surface area contributed by atoms with E-state index in [-0.39, 0.29) is 5.78 Å². The molecule has 112 valence electrons. The number of carbonyl (C=O) groups is 1. The minimum Gasteiger partial charge on any atom is -0.497 e. The average molecular weight is 294 g/mol. The Kier molecular flexibility index (Phi) is 3.96. The van der Waals surface area contributed by atoms with Crippen LogP contribution in [0.25, 0.3) is 6.08 Å². The molecule has 0 aliphatic heterocycles. The van der Waals surface area contributed by atoms with E-state index in [0.29, 0.717) is 0 Å². The summed E-state index contributed by atoms with van der Waals surface area (Å²) in [7, 11) is 3.28. The Labute approximate surface area is 130 Å². The van der Waals surface area contributed by atoms with E-state index in [4.69, 9.17) is 9.47 Å². The van der Waals surface area contributed by atoms with Crippen LogP contribution >= 0.6 is 0 Å². The van der Waals surface area contributed by atoms with Crippen LogP contribution in [-0.2, 0) is 6.42 Å². The lowest BCUT2D eigenvalue weighted by Gasteiger charge is -2.18. The third kappa shape index (κ3) is 2.75. The van der Waals surface area contributed by atoms with Crippen LogP contribution in [0.5, 0.6) is 11.5 Å². The first-order chi connectivity index (χ1) is 10.7. The zero-order valence-electron chi connectivity index (χ0n) is 12.8. The Balaban J connectivity index is 1.89. The van der Waals surface area contributed by atoms with Crippen LogP contribution in [0.2, 0.25) is 0 Å². The Morgan fingerprint density at radius 2 is 1.59 bits per heavy atom. The largest absolute Gasteiger partial charge is 0.497 e. The van der Waals surface area contributed by atoms with Gasteiger partial charge in [-0.15, -0.1) is 0 Å². The molecule has 0 bridgehead atoms. The SMILES string of the molecule is COc1ccc(C=C2CCc3cc(OC)ccc3C2=O)cc1. The van der Waals surface area contributed by atoms with Crippen LogP contribution < -0.4 is 9.47 Å². The van der Waals surface area contributed by atoms with Crippen molar-refractivity contribution >= 4 is 11.9 Å². The molecule has 0 radical (unpaired) electrons. The number of methoxy groups -OCH3 is 2. The number of benzene rings is 2. The molecule has 3 heteroatoms. The maximum atomic E-state index is 12.6. The summed E-state index contributed by atoms with van der Waals surface area (Å²) in [5.41, 5.74) is 3.71. The van der Waals surface area contributed by atoms with E-state index in [1.54, 1.807) is 14.2 Å². The Morgan fingerprint density at radius 3 is 2.27 bits per heavy atom. The van der Waals surface area contributed by atoms with Crippen LogP contribution in [0.4, 0.5) is 0 Å². The standard InChI is InChI=1S/C19H18O3/c1-21-16-7-3-13(4-8-16)11-15-6-5-14-12-17(22-2)9-10-18(14)19(15)20/h3-4,7-12H,5-6H2,1-2H3. The maximum absolute atomic E-state index is 12.6. The first kappa shape index (κ1) is 14.4. The van der Waals surface area contributed by atoms with Crippen LogP contribution in [0.15, 0.2) is 48.0 Å². The molecular formula is C19H18O3. The van der Waals surface area contributed by atoms with Crippen molar-refractivity contribution in [2.45, 2.75) is 12.8 Å². The number of carbonyl (C=O) groups excluding carboxylic acids is 1. The van der Waals surface area contributed by atoms with Gasteiger partial charge in [-0.25, -0.2) is 0 Å². The first-order valence-electron chi connectivity index (χ1n) is 7.27. The molecule has 1 aliphatic rings. The molecule has 0 fully saturated rings. The zero-order valence-corrected chi connectivity index (χ0v) is 12.8. The molecule has 0 heterocycles. The fraction of sp³-hybridized carbons (Fsp3) is 0.211. The maximum Gasteiger partial charge on any atom is 0.189 e. The lowest BCUT2D eigenvalue weighted by atomic mass is 9.86. The van der Waals surface area contributed by atoms with Crippen molar-refractivity contribution < 1.29 is 14.3 Å². The minimum absolute atomic E-state index is 0.111. The van der Waals surface area contributed by atoms with Gasteiger partial charge in [0.15, 0.2) is 5.78 Å². The predicted molar refractivity (Wildman–Crippen MR) is 86.6 cm³/mol. The minimum atomic E-state index is 0.111. The van der Waals surface area contributed by atoms with E-state index in [0.717, 1.165) is 46.6 Å². The molecule has 0 saturated carbocycles. The number of Topliss-reactive ketones (excluding diaryl/α,β-unsaturated/α-hetero) is 1. The van der Waals surface area contributed by atoms with Crippen molar-refractivity contribution in [2.24, 2.45) is 0 Å². The molecule has 22 heavy (non-hydrogen) atoms. The highest BCUT2D eigenvalue weighted by molar-refractivity contribution is 6.13. The highest BCUT2D eigenvalue weighted by atomic mass is 16.5. The van der Waals surface area contributed by atoms with Crippen LogP contribution in [0.3, 0.4) is 0 Å². The molecule has 0 N–H and O–H groups in total. The summed E-state index contributed by atoms with van der Waals surface area (Å²) in [6.45, 7) is 0. The van der Waals surface area contributed by atoms with Gasteiger partial charge in [0.25, 0.3) is 0 Å². The molecule has 0 amide bonds. The van der Waals surface area contributed by atoms with Gasteiger partial charge in [0.2, 0.25) is 0 Å². The van der Waals surface area contributed by atoms with Crippen molar-refractivity contribution in [2.75, 3.05) is 14.2 Å². The molecule has 2 aromatic carbocycles. The molecule has 0 aromatic heterocycles. The fourth-order valence-corrected chi connectivity index (χ4v) is 2.72. The second-order valence-corrected chi connectivity index (χ2v) is 5.29. The number of hydrogen-bond acceptors (Lipinski definition) is 3. The Morgan fingerprint density at radius 1 is 0.909 bits per heavy atom. The summed E-state index contributed by atoms with van der Waals surface area (Å²) >= 11 is 0. The van der Waals surface area contributed by atoms with Crippen molar-refractivity contribution in [1.29, 1.82) is 0 Å². The van der Waals surface area contributed by atoms with Gasteiger partial charge in [0.1, 0.15) is 11.5 Å². The summed E-state index contributed by atoms with van der Waals surface area (Å²) < 4.78 is 10.4. The molecule has 0 spiro atoms. The quantitative estimate of drug-likeness (QED) is 0.805. The van der Waals surface area contributed by atoms with E-state index in [9.17, 15) is 4.79 Å². The summed E-state index contributed by atoms with van der Waals surface area (Å²) in [5, 5.41) is 0. The molecule has 3 rings (SSSR count). The Hall–Kier alpha value is -2.55. The number of allylic oxidation sites excluding steroid dienone is 1. The number of ketones is 1. The lowest BCUT2D eigenvalue weighted by molar-refractivity contribution is 0.102. The number of hydrogen-bond donors (Lipinski definition) is 0. The predicted octanol–water partition coefficient (Wildman–Crippen LogP) is 3.92. The summed E-state index contributed by atoms with van der Waals surface area (Å²) in [6.07, 6.45) is 3.58. The van der Waals surface area contributed by atoms with Crippen molar-refractivity contribution in [3.63, 3.8) is 0 Å². The fourth-order valence-electron chi connectivity index (χ4n) is 2.72. The van der Waals surface area contributed by atoms with E-state index < -0.39 is 0 Å². The second-order valence-electron chi connectivity index (χ2n) is 5.29. The van der Waals surface area contributed by atoms with Crippen LogP contribution in [-0.4, -0.2) is 20.0 Å². The number of ether oxygens (including phenoxy) is 2. The second kappa shape index (κ2) is 6.06. The van der Waals surface area contributed by atoms with Crippen LogP contribution in [0.1, 0.15) is 27.9 Å². The Bertz CT molecular complexity index is 727. The lowest BCUT2D eigenvalue weighted by Crippen LogP contribution is -2.14. The summed E-state index contributed by atoms with van der Waals surface area (Å²) in [6, 6.07) is 13.4. The third-order valence-corrected chi connectivity index (χ3v) is 3.97. The first-order valence-corrected chi connectivity index (χ1v) is 7.27. The van der Waals surface area contributed by atoms with Gasteiger partial charge in [-0.3, -0.25) is 4.79 Å². The van der Waals surface area contributed by atoms with Crippen molar-refractivity contribution in [1.82, 2.24) is 0 Å². The topological polar surface area (TPSA) is 35.5 Å². The van der Waals surface area contributed by atoms with E-state index in [1.165, 1.54) is 0 Å². The van der Waals surface area contributed by atoms with Gasteiger partial charge >= 0.3 is 0 Å². The van der Waals surface area contributed by atoms with Crippen LogP contribution in [0, 0.1) is 0 Å². The highest BCUT2D eigenvalue weighted by Crippen LogP contribution is 2.29. The molecule has 0 unspecified atom stereocenters. The monoisotopic (exact) mass is 294 g/mol. The van der Waals surface area contributed by atoms with Gasteiger partial charge in [-0.2, -0.15) is 0 Å². The third-order valence-electron chi connectivity index (χ3n) is 3.97. The zero-order chi connectivity index (χ0) is 15.5. The number of rotatable bonds is 3. The molecule has 1 aliphatic carbocycles. The molecule has 2 aromatic rings. The molecule has 3 nitrogen and oxygen atoms in total. The van der Waals surface area contributed by atoms with Gasteiger partial charge in [0.05, 0.1) is 14.2 Å². The molecule has 0 atom stereocenters. The smallest absolute Gasteiger partial charge is 0.189 e. The van der Waals surface area contributed by atoms with E-state index in [2.05, 4.69) is 0 Å². The average Bonchev–Trinajstić information content (AvgIpc) is 2.57. The van der Waals surface area contributed by atoms with E-state index >= 15 is 0 Å². The molecular weight excluding hydrogens is 276 g/mol. The molecule has 0 saturated heterocycles. The van der Waals surface area contributed by atoms with E-state index in [1.807, 2.05) is 48.5 Å². The summed E-state index contributed by atoms with van der Waals surface area (Å²) in [4.78, 5) is 12.6. The number of aryl methyl sites for hydroxylation is 1. The van der Waals surface area contributed by atoms with Gasteiger partial charge in [-0.05, 0) is 60.4 Å². The highest BCUT2D eigenvalue weighted by Gasteiger charge is 2.22. The van der Waals surface area contributed by atoms with Crippen molar-refractivity contribution in [3.8, 4) is 11.5 Å². The van der Waals surface area contributed by atoms with Gasteiger partial charge in [0, 0.05) is 11.1 Å². The van der Waals surface area contributed by atoms with Gasteiger partial charge < -0.3 is 9.47 Å². The van der Waals surface area contributed by atoms with Gasteiger partial charge in [-0.1, -0.05) is 12.1 Å².